The average Bonchev–Trinajstić information content (AvgIpc) is 3.11. The van der Waals surface area contributed by atoms with Gasteiger partial charge in [0.1, 0.15) is 5.52 Å². The van der Waals surface area contributed by atoms with Gasteiger partial charge in [0.15, 0.2) is 22.5 Å². The number of furan rings is 1. The second kappa shape index (κ2) is 5.41. The smallest absolute Gasteiger partial charge is 0.194 e. The maximum absolute atomic E-state index is 5.94. The highest BCUT2D eigenvalue weighted by atomic mass is 35.5. The lowest BCUT2D eigenvalue weighted by molar-refractivity contribution is 0.224. The van der Waals surface area contributed by atoms with Gasteiger partial charge in [-0.15, -0.1) is 0 Å². The fourth-order valence-electron chi connectivity index (χ4n) is 3.14. The third-order valence-corrected chi connectivity index (χ3v) is 4.50. The van der Waals surface area contributed by atoms with Crippen LogP contribution in [0.4, 0.5) is 0 Å². The van der Waals surface area contributed by atoms with Crippen molar-refractivity contribution >= 4 is 22.8 Å². The molecule has 114 valence electrons. The van der Waals surface area contributed by atoms with Crippen molar-refractivity contribution < 1.29 is 4.42 Å². The minimum atomic E-state index is 0.380. The molecule has 0 spiro atoms. The zero-order valence-electron chi connectivity index (χ0n) is 12.4. The number of piperidine rings is 1. The molecule has 0 radical (unpaired) electrons. The number of pyridine rings is 1. The van der Waals surface area contributed by atoms with Gasteiger partial charge >= 0.3 is 0 Å². The first-order valence-corrected chi connectivity index (χ1v) is 7.87. The van der Waals surface area contributed by atoms with Gasteiger partial charge < -0.3 is 13.9 Å². The zero-order chi connectivity index (χ0) is 15.1. The van der Waals surface area contributed by atoms with Crippen LogP contribution >= 0.6 is 11.6 Å². The quantitative estimate of drug-likeness (QED) is 0.724. The summed E-state index contributed by atoms with van der Waals surface area (Å²) in [7, 11) is 2.16. The standard InChI is InChI=1S/C16H17ClN4O/c1-20-9-6-11(7-10-20)21-15-12(3-2-8-18-15)19-16(21)13-4-5-14(17)22-13/h2-5,8,11H,6-7,9-10H2,1H3. The summed E-state index contributed by atoms with van der Waals surface area (Å²) in [5.74, 6) is 1.51. The third kappa shape index (κ3) is 2.30. The van der Waals surface area contributed by atoms with E-state index in [1.807, 2.05) is 24.4 Å². The summed E-state index contributed by atoms with van der Waals surface area (Å²) >= 11 is 5.94. The zero-order valence-corrected chi connectivity index (χ0v) is 13.1. The summed E-state index contributed by atoms with van der Waals surface area (Å²) in [6, 6.07) is 7.90. The molecule has 3 aromatic heterocycles. The summed E-state index contributed by atoms with van der Waals surface area (Å²) < 4.78 is 7.82. The van der Waals surface area contributed by atoms with E-state index in [1.54, 1.807) is 6.07 Å². The molecule has 4 rings (SSSR count). The lowest BCUT2D eigenvalue weighted by Crippen LogP contribution is -2.31. The molecule has 1 fully saturated rings. The largest absolute Gasteiger partial charge is 0.441 e. The Morgan fingerprint density at radius 2 is 2.05 bits per heavy atom. The van der Waals surface area contributed by atoms with Crippen LogP contribution in [0.3, 0.4) is 0 Å². The van der Waals surface area contributed by atoms with Crippen LogP contribution in [0.15, 0.2) is 34.9 Å². The van der Waals surface area contributed by atoms with Gasteiger partial charge in [0, 0.05) is 12.2 Å². The molecular formula is C16H17ClN4O. The predicted octanol–water partition coefficient (Wildman–Crippen LogP) is 3.61. The van der Waals surface area contributed by atoms with Crippen LogP contribution in [0.25, 0.3) is 22.7 Å². The minimum absolute atomic E-state index is 0.380. The van der Waals surface area contributed by atoms with Crippen molar-refractivity contribution in [3.05, 3.63) is 35.7 Å². The van der Waals surface area contributed by atoms with E-state index in [2.05, 4.69) is 21.5 Å². The second-order valence-corrected chi connectivity index (χ2v) is 6.16. The topological polar surface area (TPSA) is 47.1 Å². The molecule has 0 N–H and O–H groups in total. The molecule has 0 saturated carbocycles. The van der Waals surface area contributed by atoms with E-state index in [0.29, 0.717) is 17.0 Å². The number of rotatable bonds is 2. The molecule has 1 aliphatic rings. The van der Waals surface area contributed by atoms with Gasteiger partial charge in [-0.1, -0.05) is 0 Å². The molecule has 0 amide bonds. The normalized spacial score (nSPS) is 17.4. The van der Waals surface area contributed by atoms with E-state index >= 15 is 0 Å². The lowest BCUT2D eigenvalue weighted by Gasteiger charge is -2.30. The number of fused-ring (bicyclic) bond motifs is 1. The first-order chi connectivity index (χ1) is 10.7. The summed E-state index contributed by atoms with van der Waals surface area (Å²) in [6.07, 6.45) is 3.98. The highest BCUT2D eigenvalue weighted by Gasteiger charge is 2.25. The molecular weight excluding hydrogens is 300 g/mol. The number of hydrogen-bond donors (Lipinski definition) is 0. The van der Waals surface area contributed by atoms with Crippen LogP contribution in [0.2, 0.25) is 5.22 Å². The number of halogens is 1. The van der Waals surface area contributed by atoms with E-state index in [0.717, 1.165) is 42.9 Å². The van der Waals surface area contributed by atoms with Gasteiger partial charge in [0.2, 0.25) is 0 Å². The van der Waals surface area contributed by atoms with Crippen molar-refractivity contribution in [2.75, 3.05) is 20.1 Å². The molecule has 0 atom stereocenters. The fourth-order valence-corrected chi connectivity index (χ4v) is 3.28. The number of aromatic nitrogens is 3. The number of hydrogen-bond acceptors (Lipinski definition) is 4. The van der Waals surface area contributed by atoms with Gasteiger partial charge in [-0.25, -0.2) is 9.97 Å². The van der Waals surface area contributed by atoms with Crippen molar-refractivity contribution in [3.8, 4) is 11.6 Å². The van der Waals surface area contributed by atoms with E-state index in [4.69, 9.17) is 21.0 Å². The molecule has 3 aromatic rings. The minimum Gasteiger partial charge on any atom is -0.441 e. The highest BCUT2D eigenvalue weighted by Crippen LogP contribution is 2.33. The Labute approximate surface area is 133 Å². The molecule has 0 aliphatic carbocycles. The van der Waals surface area contributed by atoms with E-state index in [9.17, 15) is 0 Å². The third-order valence-electron chi connectivity index (χ3n) is 4.30. The Kier molecular flexibility index (Phi) is 3.39. The molecule has 6 heteroatoms. The molecule has 0 unspecified atom stereocenters. The maximum Gasteiger partial charge on any atom is 0.194 e. The molecule has 1 aliphatic heterocycles. The van der Waals surface area contributed by atoms with Crippen LogP contribution in [0.1, 0.15) is 18.9 Å². The predicted molar refractivity (Wildman–Crippen MR) is 86.0 cm³/mol. The first-order valence-electron chi connectivity index (χ1n) is 7.49. The summed E-state index contributed by atoms with van der Waals surface area (Å²) in [5.41, 5.74) is 1.81. The van der Waals surface area contributed by atoms with Crippen molar-refractivity contribution in [2.24, 2.45) is 0 Å². The lowest BCUT2D eigenvalue weighted by atomic mass is 10.1. The molecule has 0 bridgehead atoms. The molecule has 4 heterocycles. The first kappa shape index (κ1) is 13.8. The van der Waals surface area contributed by atoms with Crippen molar-refractivity contribution in [2.45, 2.75) is 18.9 Å². The average molecular weight is 317 g/mol. The summed E-state index contributed by atoms with van der Waals surface area (Å²) in [4.78, 5) is 11.6. The van der Waals surface area contributed by atoms with Crippen LogP contribution in [0, 0.1) is 0 Å². The van der Waals surface area contributed by atoms with Crippen LogP contribution in [-0.4, -0.2) is 39.6 Å². The Morgan fingerprint density at radius 1 is 1.23 bits per heavy atom. The molecule has 1 saturated heterocycles. The van der Waals surface area contributed by atoms with E-state index < -0.39 is 0 Å². The van der Waals surface area contributed by atoms with Gasteiger partial charge in [0.25, 0.3) is 0 Å². The summed E-state index contributed by atoms with van der Waals surface area (Å²) in [6.45, 7) is 2.16. The Balaban J connectivity index is 1.86. The van der Waals surface area contributed by atoms with Crippen molar-refractivity contribution in [3.63, 3.8) is 0 Å². The van der Waals surface area contributed by atoms with Crippen molar-refractivity contribution in [1.29, 1.82) is 0 Å². The number of nitrogens with zero attached hydrogens (tertiary/aromatic N) is 4. The summed E-state index contributed by atoms with van der Waals surface area (Å²) in [5, 5.41) is 0.380. The van der Waals surface area contributed by atoms with E-state index in [-0.39, 0.29) is 0 Å². The van der Waals surface area contributed by atoms with Crippen LogP contribution in [0.5, 0.6) is 0 Å². The Morgan fingerprint density at radius 3 is 2.77 bits per heavy atom. The van der Waals surface area contributed by atoms with Crippen molar-refractivity contribution in [1.82, 2.24) is 19.4 Å². The monoisotopic (exact) mass is 316 g/mol. The fraction of sp³-hybridized carbons (Fsp3) is 0.375. The van der Waals surface area contributed by atoms with E-state index in [1.165, 1.54) is 0 Å². The Bertz CT molecular complexity index is 801. The SMILES string of the molecule is CN1CCC(n2c(-c3ccc(Cl)o3)nc3cccnc32)CC1. The highest BCUT2D eigenvalue weighted by molar-refractivity contribution is 6.28. The van der Waals surface area contributed by atoms with Gasteiger partial charge in [-0.2, -0.15) is 0 Å². The van der Waals surface area contributed by atoms with Crippen LogP contribution in [-0.2, 0) is 0 Å². The number of likely N-dealkylation sites (tertiary alicyclic amines) is 1. The van der Waals surface area contributed by atoms with Gasteiger partial charge in [0.05, 0.1) is 0 Å². The second-order valence-electron chi connectivity index (χ2n) is 5.79. The Hall–Kier alpha value is -1.85. The number of imidazole rings is 1. The van der Waals surface area contributed by atoms with Gasteiger partial charge in [-0.3, -0.25) is 0 Å². The molecule has 22 heavy (non-hydrogen) atoms. The van der Waals surface area contributed by atoms with Crippen LogP contribution < -0.4 is 0 Å². The van der Waals surface area contributed by atoms with Gasteiger partial charge in [-0.05, 0) is 68.8 Å². The molecule has 5 nitrogen and oxygen atoms in total. The molecule has 0 aromatic carbocycles. The maximum atomic E-state index is 5.94.